The second-order valence-electron chi connectivity index (χ2n) is 6.01. The van der Waals surface area contributed by atoms with Crippen molar-refractivity contribution < 1.29 is 9.47 Å². The molecule has 1 saturated carbocycles. The number of ether oxygens (including phenoxy) is 2. The van der Waals surface area contributed by atoms with Gasteiger partial charge in [-0.15, -0.1) is 0 Å². The van der Waals surface area contributed by atoms with E-state index in [0.29, 0.717) is 31.8 Å². The third-order valence-electron chi connectivity index (χ3n) is 4.20. The highest BCUT2D eigenvalue weighted by atomic mass is 16.5. The average Bonchev–Trinajstić information content (AvgIpc) is 2.78. The lowest BCUT2D eigenvalue weighted by Crippen LogP contribution is -2.41. The lowest BCUT2D eigenvalue weighted by atomic mass is 9.96. The molecule has 1 heterocycles. The van der Waals surface area contributed by atoms with Crippen molar-refractivity contribution in [3.05, 3.63) is 23.8 Å². The van der Waals surface area contributed by atoms with Gasteiger partial charge in [-0.2, -0.15) is 0 Å². The number of hydrogen-bond acceptors (Lipinski definition) is 3. The van der Waals surface area contributed by atoms with E-state index in [2.05, 4.69) is 10.3 Å². The highest BCUT2D eigenvalue weighted by Crippen LogP contribution is 2.30. The minimum absolute atomic E-state index is 0.487. The molecule has 0 radical (unpaired) electrons. The molecule has 5 nitrogen and oxygen atoms in total. The van der Waals surface area contributed by atoms with Crippen LogP contribution in [0.5, 0.6) is 11.5 Å². The molecule has 5 heteroatoms. The van der Waals surface area contributed by atoms with Gasteiger partial charge in [-0.05, 0) is 30.5 Å². The number of rotatable bonds is 3. The fraction of sp³-hybridized carbons (Fsp3) is 0.588. The fourth-order valence-electron chi connectivity index (χ4n) is 2.98. The number of nitrogens with two attached hydrogens (primary N) is 1. The van der Waals surface area contributed by atoms with E-state index >= 15 is 0 Å². The summed E-state index contributed by atoms with van der Waals surface area (Å²) < 4.78 is 11.3. The van der Waals surface area contributed by atoms with Crippen molar-refractivity contribution in [2.24, 2.45) is 10.7 Å². The lowest BCUT2D eigenvalue weighted by molar-refractivity contribution is 0.297. The molecule has 3 rings (SSSR count). The van der Waals surface area contributed by atoms with Gasteiger partial charge >= 0.3 is 0 Å². The summed E-state index contributed by atoms with van der Waals surface area (Å²) in [5, 5.41) is 3.33. The number of guanidine groups is 1. The molecule has 0 aromatic heterocycles. The Morgan fingerprint density at radius 2 is 1.86 bits per heavy atom. The Morgan fingerprint density at radius 3 is 2.68 bits per heavy atom. The van der Waals surface area contributed by atoms with E-state index in [9.17, 15) is 0 Å². The predicted molar refractivity (Wildman–Crippen MR) is 87.4 cm³/mol. The summed E-state index contributed by atoms with van der Waals surface area (Å²) in [6.45, 7) is 1.97. The quantitative estimate of drug-likeness (QED) is 0.665. The van der Waals surface area contributed by atoms with Crippen LogP contribution in [0.25, 0.3) is 0 Å². The average molecular weight is 303 g/mol. The minimum Gasteiger partial charge on any atom is -0.490 e. The first kappa shape index (κ1) is 15.0. The topological polar surface area (TPSA) is 68.9 Å². The van der Waals surface area contributed by atoms with E-state index in [1.165, 1.54) is 32.1 Å². The van der Waals surface area contributed by atoms with E-state index < -0.39 is 0 Å². The molecule has 0 atom stereocenters. The van der Waals surface area contributed by atoms with Gasteiger partial charge in [0, 0.05) is 12.5 Å². The van der Waals surface area contributed by atoms with Crippen LogP contribution in [0.4, 0.5) is 0 Å². The van der Waals surface area contributed by atoms with Crippen LogP contribution >= 0.6 is 0 Å². The van der Waals surface area contributed by atoms with Gasteiger partial charge in [0.25, 0.3) is 0 Å². The summed E-state index contributed by atoms with van der Waals surface area (Å²) in [6.07, 6.45) is 7.22. The second kappa shape index (κ2) is 7.38. The zero-order valence-corrected chi connectivity index (χ0v) is 13.0. The van der Waals surface area contributed by atoms with Gasteiger partial charge < -0.3 is 20.5 Å². The lowest BCUT2D eigenvalue weighted by Gasteiger charge is -2.23. The summed E-state index contributed by atoms with van der Waals surface area (Å²) in [4.78, 5) is 4.45. The van der Waals surface area contributed by atoms with E-state index in [4.69, 9.17) is 15.2 Å². The van der Waals surface area contributed by atoms with Crippen molar-refractivity contribution in [2.45, 2.75) is 51.1 Å². The molecule has 1 fully saturated rings. The number of benzene rings is 1. The van der Waals surface area contributed by atoms with Gasteiger partial charge in [0.1, 0.15) is 0 Å². The first-order valence-electron chi connectivity index (χ1n) is 8.26. The highest BCUT2D eigenvalue weighted by molar-refractivity contribution is 5.78. The standard InChI is InChI=1S/C17H25N3O2/c18-17(20-14-5-2-1-3-6-14)19-12-13-7-8-15-16(11-13)22-10-4-9-21-15/h7-8,11,14H,1-6,9-10,12H2,(H3,18,19,20). The number of fused-ring (bicyclic) bond motifs is 1. The molecule has 1 aromatic rings. The molecule has 0 unspecified atom stereocenters. The van der Waals surface area contributed by atoms with E-state index in [1.54, 1.807) is 0 Å². The molecule has 1 aromatic carbocycles. The van der Waals surface area contributed by atoms with Gasteiger partial charge in [-0.25, -0.2) is 4.99 Å². The molecule has 120 valence electrons. The maximum Gasteiger partial charge on any atom is 0.189 e. The largest absolute Gasteiger partial charge is 0.490 e. The first-order valence-corrected chi connectivity index (χ1v) is 8.26. The van der Waals surface area contributed by atoms with Crippen LogP contribution in [0.15, 0.2) is 23.2 Å². The normalized spacial score (nSPS) is 19.5. The van der Waals surface area contributed by atoms with Gasteiger partial charge in [0.15, 0.2) is 17.5 Å². The molecule has 1 aliphatic carbocycles. The summed E-state index contributed by atoms with van der Waals surface area (Å²) >= 11 is 0. The van der Waals surface area contributed by atoms with E-state index in [0.717, 1.165) is 23.5 Å². The number of aliphatic imine (C=N–C) groups is 1. The summed E-state index contributed by atoms with van der Waals surface area (Å²) in [7, 11) is 0. The molecule has 0 spiro atoms. The SMILES string of the molecule is NC(=NCc1ccc2c(c1)OCCCO2)NC1CCCCC1. The molecular formula is C17H25N3O2. The van der Waals surface area contributed by atoms with E-state index in [-0.39, 0.29) is 0 Å². The van der Waals surface area contributed by atoms with Crippen molar-refractivity contribution in [1.29, 1.82) is 0 Å². The van der Waals surface area contributed by atoms with E-state index in [1.807, 2.05) is 18.2 Å². The molecule has 0 saturated heterocycles. The third-order valence-corrected chi connectivity index (χ3v) is 4.20. The first-order chi connectivity index (χ1) is 10.8. The summed E-state index contributed by atoms with van der Waals surface area (Å²) in [6, 6.07) is 6.46. The van der Waals surface area contributed by atoms with Crippen LogP contribution in [-0.2, 0) is 6.54 Å². The van der Waals surface area contributed by atoms with Crippen molar-refractivity contribution in [3.63, 3.8) is 0 Å². The van der Waals surface area contributed by atoms with Crippen LogP contribution in [0.1, 0.15) is 44.1 Å². The smallest absolute Gasteiger partial charge is 0.189 e. The van der Waals surface area contributed by atoms with Gasteiger partial charge in [0.2, 0.25) is 0 Å². The van der Waals surface area contributed by atoms with Crippen LogP contribution in [0, 0.1) is 0 Å². The van der Waals surface area contributed by atoms with Gasteiger partial charge in [-0.3, -0.25) is 0 Å². The summed E-state index contributed by atoms with van der Waals surface area (Å²) in [5.74, 6) is 2.17. The predicted octanol–water partition coefficient (Wildman–Crippen LogP) is 2.58. The molecule has 0 amide bonds. The van der Waals surface area contributed by atoms with Crippen molar-refractivity contribution in [1.82, 2.24) is 5.32 Å². The van der Waals surface area contributed by atoms with Crippen LogP contribution in [-0.4, -0.2) is 25.2 Å². The van der Waals surface area contributed by atoms with Crippen molar-refractivity contribution in [3.8, 4) is 11.5 Å². The highest BCUT2D eigenvalue weighted by Gasteiger charge is 2.13. The Bertz CT molecular complexity index is 525. The Kier molecular flexibility index (Phi) is 5.03. The fourth-order valence-corrected chi connectivity index (χ4v) is 2.98. The van der Waals surface area contributed by atoms with Crippen molar-refractivity contribution in [2.75, 3.05) is 13.2 Å². The molecule has 0 bridgehead atoms. The summed E-state index contributed by atoms with van der Waals surface area (Å²) in [5.41, 5.74) is 7.08. The number of nitrogens with zero attached hydrogens (tertiary/aromatic N) is 1. The number of nitrogens with one attached hydrogen (secondary N) is 1. The van der Waals surface area contributed by atoms with Crippen LogP contribution in [0.2, 0.25) is 0 Å². The zero-order chi connectivity index (χ0) is 15.2. The molecule has 22 heavy (non-hydrogen) atoms. The molecule has 1 aliphatic heterocycles. The number of hydrogen-bond donors (Lipinski definition) is 2. The van der Waals surface area contributed by atoms with Crippen LogP contribution < -0.4 is 20.5 Å². The molecule has 3 N–H and O–H groups in total. The third kappa shape index (κ3) is 4.06. The van der Waals surface area contributed by atoms with Crippen molar-refractivity contribution >= 4 is 5.96 Å². The van der Waals surface area contributed by atoms with Crippen LogP contribution in [0.3, 0.4) is 0 Å². The maximum absolute atomic E-state index is 6.00. The Morgan fingerprint density at radius 1 is 1.09 bits per heavy atom. The molecule has 2 aliphatic rings. The molecular weight excluding hydrogens is 278 g/mol. The second-order valence-corrected chi connectivity index (χ2v) is 6.01. The Hall–Kier alpha value is -1.91. The zero-order valence-electron chi connectivity index (χ0n) is 13.0. The Labute approximate surface area is 131 Å². The van der Waals surface area contributed by atoms with Gasteiger partial charge in [-0.1, -0.05) is 25.3 Å². The monoisotopic (exact) mass is 303 g/mol. The minimum atomic E-state index is 0.487. The van der Waals surface area contributed by atoms with Gasteiger partial charge in [0.05, 0.1) is 19.8 Å². The maximum atomic E-state index is 6.00. The Balaban J connectivity index is 1.58.